The second-order valence-corrected chi connectivity index (χ2v) is 16.2. The van der Waals surface area contributed by atoms with E-state index >= 15 is 0 Å². The smallest absolute Gasteiger partial charge is 0.0468 e. The molecule has 0 aliphatic heterocycles. The van der Waals surface area contributed by atoms with Gasteiger partial charge in [-0.3, -0.25) is 0 Å². The van der Waals surface area contributed by atoms with E-state index in [-0.39, 0.29) is 10.8 Å². The van der Waals surface area contributed by atoms with Gasteiger partial charge in [0.15, 0.2) is 0 Å². The van der Waals surface area contributed by atoms with Crippen molar-refractivity contribution >= 4 is 60.2 Å². The van der Waals surface area contributed by atoms with Crippen molar-refractivity contribution in [1.82, 2.24) is 0 Å². The average Bonchev–Trinajstić information content (AvgIpc) is 3.55. The van der Waals surface area contributed by atoms with Crippen molar-refractivity contribution in [3.05, 3.63) is 186 Å². The number of para-hydroxylation sites is 1. The molecule has 1 nitrogen and oxygen atoms in total. The van der Waals surface area contributed by atoms with Crippen LogP contribution in [0.25, 0.3) is 65.3 Å². The lowest BCUT2D eigenvalue weighted by molar-refractivity contribution is 0.667. The van der Waals surface area contributed by atoms with Crippen molar-refractivity contribution in [2.24, 2.45) is 0 Å². The first kappa shape index (κ1) is 30.4. The van der Waals surface area contributed by atoms with Gasteiger partial charge in [-0.05, 0) is 148 Å². The van der Waals surface area contributed by atoms with Crippen LogP contribution in [0.3, 0.4) is 0 Å². The number of hydrogen-bond acceptors (Lipinski definition) is 1. The molecule has 0 atom stereocenters. The predicted molar refractivity (Wildman–Crippen MR) is 226 cm³/mol. The molecule has 11 rings (SSSR count). The molecule has 0 aromatic heterocycles. The van der Waals surface area contributed by atoms with Gasteiger partial charge in [0.25, 0.3) is 0 Å². The largest absolute Gasteiger partial charge is 0.310 e. The van der Waals surface area contributed by atoms with E-state index in [0.29, 0.717) is 0 Å². The van der Waals surface area contributed by atoms with E-state index in [1.54, 1.807) is 0 Å². The van der Waals surface area contributed by atoms with Crippen LogP contribution < -0.4 is 4.90 Å². The maximum Gasteiger partial charge on any atom is 0.0468 e. The lowest BCUT2D eigenvalue weighted by Gasteiger charge is -2.27. The molecule has 53 heavy (non-hydrogen) atoms. The molecule has 0 fully saturated rings. The van der Waals surface area contributed by atoms with Gasteiger partial charge >= 0.3 is 0 Å². The fourth-order valence-corrected chi connectivity index (χ4v) is 9.96. The molecule has 9 aromatic carbocycles. The number of benzene rings is 9. The van der Waals surface area contributed by atoms with Gasteiger partial charge in [-0.1, -0.05) is 131 Å². The highest BCUT2D eigenvalue weighted by Crippen LogP contribution is 2.54. The molecular formula is C52H39N. The second-order valence-electron chi connectivity index (χ2n) is 16.2. The molecule has 1 heteroatoms. The van der Waals surface area contributed by atoms with E-state index in [0.717, 1.165) is 17.1 Å². The van der Waals surface area contributed by atoms with Gasteiger partial charge in [-0.2, -0.15) is 0 Å². The van der Waals surface area contributed by atoms with Gasteiger partial charge in [0.2, 0.25) is 0 Å². The normalized spacial score (nSPS) is 14.7. The fraction of sp³-hybridized carbons (Fsp3) is 0.115. The number of fused-ring (bicyclic) bond motifs is 12. The molecule has 0 saturated carbocycles. The summed E-state index contributed by atoms with van der Waals surface area (Å²) >= 11 is 0. The zero-order valence-electron chi connectivity index (χ0n) is 30.5. The Bertz CT molecular complexity index is 3000. The van der Waals surface area contributed by atoms with Crippen LogP contribution in [0.4, 0.5) is 17.1 Å². The monoisotopic (exact) mass is 677 g/mol. The fourth-order valence-electron chi connectivity index (χ4n) is 9.96. The molecule has 0 spiro atoms. The number of anilines is 3. The Balaban J connectivity index is 1.05. The summed E-state index contributed by atoms with van der Waals surface area (Å²) in [7, 11) is 0. The van der Waals surface area contributed by atoms with Gasteiger partial charge in [-0.15, -0.1) is 0 Å². The Morgan fingerprint density at radius 1 is 0.321 bits per heavy atom. The van der Waals surface area contributed by atoms with Crippen molar-refractivity contribution in [3.8, 4) is 22.3 Å². The Labute approximate surface area is 310 Å². The third-order valence-electron chi connectivity index (χ3n) is 12.5. The summed E-state index contributed by atoms with van der Waals surface area (Å²) in [6.45, 7) is 9.57. The number of hydrogen-bond donors (Lipinski definition) is 0. The van der Waals surface area contributed by atoms with Gasteiger partial charge < -0.3 is 4.90 Å². The van der Waals surface area contributed by atoms with Crippen molar-refractivity contribution in [3.63, 3.8) is 0 Å². The van der Waals surface area contributed by atoms with Gasteiger partial charge in [0.05, 0.1) is 0 Å². The first-order valence-corrected chi connectivity index (χ1v) is 18.8. The summed E-state index contributed by atoms with van der Waals surface area (Å²) in [6.07, 6.45) is 0. The first-order chi connectivity index (χ1) is 25.8. The minimum atomic E-state index is -0.104. The molecule has 2 aliphatic rings. The topological polar surface area (TPSA) is 3.24 Å². The second kappa shape index (κ2) is 10.7. The standard InChI is InChI=1S/C52H39N/c1-51(2)47-30-34-14-9-8-13-33(34)28-45(47)44-24-20-36-26-40(22-25-42(36)50(44)51)53(38-15-6-5-7-16-38)39-21-18-35-29-46-43-23-19-32-12-10-11-17-41(32)49(43)52(3,4)48(46)31-37(35)27-39/h5-31H,1-4H3. The maximum absolute atomic E-state index is 2.46. The van der Waals surface area contributed by atoms with E-state index in [2.05, 4.69) is 196 Å². The molecule has 2 aliphatic carbocycles. The highest BCUT2D eigenvalue weighted by molar-refractivity contribution is 6.04. The van der Waals surface area contributed by atoms with E-state index in [9.17, 15) is 0 Å². The molecule has 252 valence electrons. The number of nitrogens with zero attached hydrogens (tertiary/aromatic N) is 1. The maximum atomic E-state index is 2.46. The Morgan fingerprint density at radius 2 is 0.792 bits per heavy atom. The SMILES string of the molecule is CC1(C)c2cc3cc(N(c4ccccc4)c4ccc5c6c(ccc5c4)-c4cc5ccccc5cc4C6(C)C)ccc3cc2-c2ccc3ccccc3c21. The van der Waals surface area contributed by atoms with Crippen LogP contribution in [-0.2, 0) is 10.8 Å². The molecule has 0 saturated heterocycles. The van der Waals surface area contributed by atoms with Crippen molar-refractivity contribution in [2.75, 3.05) is 4.90 Å². The van der Waals surface area contributed by atoms with Crippen LogP contribution in [-0.4, -0.2) is 0 Å². The average molecular weight is 678 g/mol. The summed E-state index contributed by atoms with van der Waals surface area (Å²) < 4.78 is 0. The minimum absolute atomic E-state index is 0.104. The molecule has 9 aromatic rings. The highest BCUT2D eigenvalue weighted by Gasteiger charge is 2.38. The van der Waals surface area contributed by atoms with E-state index in [1.165, 1.54) is 87.6 Å². The van der Waals surface area contributed by atoms with E-state index in [1.807, 2.05) is 0 Å². The molecule has 0 N–H and O–H groups in total. The quantitative estimate of drug-likeness (QED) is 0.180. The first-order valence-electron chi connectivity index (χ1n) is 18.8. The summed E-state index contributed by atoms with van der Waals surface area (Å²) in [5.41, 5.74) is 14.4. The third-order valence-corrected chi connectivity index (χ3v) is 12.5. The molecule has 0 radical (unpaired) electrons. The van der Waals surface area contributed by atoms with Crippen LogP contribution >= 0.6 is 0 Å². The van der Waals surface area contributed by atoms with Crippen LogP contribution in [0.5, 0.6) is 0 Å². The highest BCUT2D eigenvalue weighted by atomic mass is 15.1. The predicted octanol–water partition coefficient (Wildman–Crippen LogP) is 14.4. The van der Waals surface area contributed by atoms with Gasteiger partial charge in [0, 0.05) is 27.9 Å². The lowest BCUT2D eigenvalue weighted by Crippen LogP contribution is -2.16. The lowest BCUT2D eigenvalue weighted by atomic mass is 9.79. The van der Waals surface area contributed by atoms with Gasteiger partial charge in [-0.25, -0.2) is 0 Å². The zero-order valence-corrected chi connectivity index (χ0v) is 30.5. The number of rotatable bonds is 3. The van der Waals surface area contributed by atoms with Crippen molar-refractivity contribution in [2.45, 2.75) is 38.5 Å². The Kier molecular flexibility index (Phi) is 6.14. The van der Waals surface area contributed by atoms with Crippen molar-refractivity contribution in [1.29, 1.82) is 0 Å². The van der Waals surface area contributed by atoms with Crippen LogP contribution in [0, 0.1) is 0 Å². The summed E-state index contributed by atoms with van der Waals surface area (Å²) in [4.78, 5) is 2.42. The molecule has 0 amide bonds. The van der Waals surface area contributed by atoms with Crippen LogP contribution in [0.15, 0.2) is 164 Å². The van der Waals surface area contributed by atoms with Crippen molar-refractivity contribution < 1.29 is 0 Å². The molecule has 0 heterocycles. The van der Waals surface area contributed by atoms with Crippen LogP contribution in [0.1, 0.15) is 49.9 Å². The molecular weight excluding hydrogens is 639 g/mol. The summed E-state index contributed by atoms with van der Waals surface area (Å²) in [6, 6.07) is 61.4. The Morgan fingerprint density at radius 3 is 1.47 bits per heavy atom. The molecule has 0 bridgehead atoms. The summed E-state index contributed by atoms with van der Waals surface area (Å²) in [5.74, 6) is 0. The zero-order chi connectivity index (χ0) is 35.6. The summed E-state index contributed by atoms with van der Waals surface area (Å²) in [5, 5.41) is 10.4. The van der Waals surface area contributed by atoms with E-state index in [4.69, 9.17) is 0 Å². The third kappa shape index (κ3) is 4.25. The van der Waals surface area contributed by atoms with Gasteiger partial charge in [0.1, 0.15) is 0 Å². The minimum Gasteiger partial charge on any atom is -0.310 e. The molecule has 0 unspecified atom stereocenters. The Hall–Kier alpha value is -6.18. The van der Waals surface area contributed by atoms with Crippen LogP contribution in [0.2, 0.25) is 0 Å². The van der Waals surface area contributed by atoms with E-state index < -0.39 is 0 Å².